The van der Waals surface area contributed by atoms with E-state index in [-0.39, 0.29) is 0 Å². The molecule has 1 rings (SSSR count). The largest absolute Gasteiger partial charge is 0.326 e. The van der Waals surface area contributed by atoms with Gasteiger partial charge in [0.25, 0.3) is 0 Å². The zero-order valence-electron chi connectivity index (χ0n) is 7.90. The molecule has 0 aliphatic rings. The summed E-state index contributed by atoms with van der Waals surface area (Å²) in [4.78, 5) is 2.31. The Morgan fingerprint density at radius 2 is 2.29 bits per heavy atom. The first-order valence-corrected chi connectivity index (χ1v) is 5.85. The lowest BCUT2D eigenvalue weighted by Crippen LogP contribution is -1.90. The molecule has 2 N–H and O–H groups in total. The molecule has 14 heavy (non-hydrogen) atoms. The fourth-order valence-electron chi connectivity index (χ4n) is 0.899. The number of thioether (sulfide) groups is 1. The SMILES string of the molecule is C=C/C=C(\C=C)Sc1ccc(CN)s1. The highest BCUT2D eigenvalue weighted by atomic mass is 32.2. The molecule has 0 fully saturated rings. The molecule has 1 heterocycles. The highest BCUT2D eigenvalue weighted by Gasteiger charge is 2.00. The number of hydrogen-bond acceptors (Lipinski definition) is 3. The summed E-state index contributed by atoms with van der Waals surface area (Å²) in [5.74, 6) is 0. The third kappa shape index (κ3) is 3.18. The maximum atomic E-state index is 5.54. The molecule has 0 bridgehead atoms. The fourth-order valence-corrected chi connectivity index (χ4v) is 2.91. The van der Waals surface area contributed by atoms with Crippen LogP contribution in [-0.2, 0) is 6.54 Å². The Bertz CT molecular complexity index is 350. The van der Waals surface area contributed by atoms with Crippen molar-refractivity contribution in [1.29, 1.82) is 0 Å². The normalized spacial score (nSPS) is 11.4. The van der Waals surface area contributed by atoms with Crippen molar-refractivity contribution in [2.24, 2.45) is 5.73 Å². The molecule has 0 aliphatic heterocycles. The van der Waals surface area contributed by atoms with Gasteiger partial charge in [-0.05, 0) is 18.2 Å². The average Bonchev–Trinajstić information content (AvgIpc) is 2.65. The van der Waals surface area contributed by atoms with Gasteiger partial charge in [0.1, 0.15) is 0 Å². The molecule has 1 aromatic rings. The summed E-state index contributed by atoms with van der Waals surface area (Å²) in [6, 6.07) is 4.14. The summed E-state index contributed by atoms with van der Waals surface area (Å²) in [6.45, 7) is 8.01. The van der Waals surface area contributed by atoms with Crippen LogP contribution in [0.15, 0.2) is 52.6 Å². The maximum Gasteiger partial charge on any atom is 0.0649 e. The summed E-state index contributed by atoms with van der Waals surface area (Å²) in [5.41, 5.74) is 5.54. The Morgan fingerprint density at radius 3 is 2.79 bits per heavy atom. The van der Waals surface area contributed by atoms with Crippen LogP contribution in [0.2, 0.25) is 0 Å². The average molecular weight is 223 g/mol. The molecule has 0 saturated heterocycles. The predicted molar refractivity (Wildman–Crippen MR) is 66.5 cm³/mol. The summed E-state index contributed by atoms with van der Waals surface area (Å²) >= 11 is 3.40. The molecule has 74 valence electrons. The van der Waals surface area contributed by atoms with Crippen molar-refractivity contribution < 1.29 is 0 Å². The second kappa shape index (κ2) is 5.86. The van der Waals surface area contributed by atoms with E-state index < -0.39 is 0 Å². The third-order valence-electron chi connectivity index (χ3n) is 1.54. The lowest BCUT2D eigenvalue weighted by Gasteiger charge is -1.96. The van der Waals surface area contributed by atoms with Crippen LogP contribution in [-0.4, -0.2) is 0 Å². The molecular formula is C11H13NS2. The lowest BCUT2D eigenvalue weighted by atomic mass is 10.5. The minimum absolute atomic E-state index is 0.611. The lowest BCUT2D eigenvalue weighted by molar-refractivity contribution is 1.11. The molecule has 0 radical (unpaired) electrons. The van der Waals surface area contributed by atoms with E-state index in [0.29, 0.717) is 6.54 Å². The van der Waals surface area contributed by atoms with Crippen LogP contribution in [0.25, 0.3) is 0 Å². The van der Waals surface area contributed by atoms with E-state index in [1.165, 1.54) is 9.09 Å². The highest BCUT2D eigenvalue weighted by Crippen LogP contribution is 2.33. The molecule has 0 atom stereocenters. The van der Waals surface area contributed by atoms with Crippen molar-refractivity contribution in [2.75, 3.05) is 0 Å². The van der Waals surface area contributed by atoms with Gasteiger partial charge in [0.2, 0.25) is 0 Å². The van der Waals surface area contributed by atoms with Crippen LogP contribution in [0.5, 0.6) is 0 Å². The summed E-state index contributed by atoms with van der Waals surface area (Å²) in [5, 5.41) is 0. The molecule has 3 heteroatoms. The first-order valence-electron chi connectivity index (χ1n) is 4.22. The van der Waals surface area contributed by atoms with Gasteiger partial charge in [-0.1, -0.05) is 37.1 Å². The highest BCUT2D eigenvalue weighted by molar-refractivity contribution is 8.05. The molecule has 0 amide bonds. The van der Waals surface area contributed by atoms with Crippen molar-refractivity contribution in [3.05, 3.63) is 53.3 Å². The van der Waals surface area contributed by atoms with Crippen LogP contribution >= 0.6 is 23.1 Å². The number of rotatable bonds is 5. The summed E-state index contributed by atoms with van der Waals surface area (Å²) in [7, 11) is 0. The van der Waals surface area contributed by atoms with Gasteiger partial charge in [-0.25, -0.2) is 0 Å². The number of nitrogens with two attached hydrogens (primary N) is 1. The fraction of sp³-hybridized carbons (Fsp3) is 0.0909. The van der Waals surface area contributed by atoms with Crippen LogP contribution in [0.3, 0.4) is 0 Å². The zero-order chi connectivity index (χ0) is 10.4. The van der Waals surface area contributed by atoms with Gasteiger partial charge in [-0.3, -0.25) is 0 Å². The van der Waals surface area contributed by atoms with Gasteiger partial charge in [-0.2, -0.15) is 0 Å². The van der Waals surface area contributed by atoms with Gasteiger partial charge in [0.15, 0.2) is 0 Å². The minimum atomic E-state index is 0.611. The molecule has 0 spiro atoms. The number of hydrogen-bond donors (Lipinski definition) is 1. The molecule has 0 saturated carbocycles. The molecule has 1 nitrogen and oxygen atoms in total. The van der Waals surface area contributed by atoms with Crippen molar-refractivity contribution in [3.8, 4) is 0 Å². The number of thiophene rings is 1. The molecule has 0 aliphatic carbocycles. The van der Waals surface area contributed by atoms with Gasteiger partial charge < -0.3 is 5.73 Å². The van der Waals surface area contributed by atoms with Gasteiger partial charge in [0, 0.05) is 16.3 Å². The van der Waals surface area contributed by atoms with Gasteiger partial charge in [0.05, 0.1) is 4.21 Å². The molecule has 0 unspecified atom stereocenters. The molecule has 1 aromatic heterocycles. The second-order valence-electron chi connectivity index (χ2n) is 2.54. The van der Waals surface area contributed by atoms with Gasteiger partial charge in [-0.15, -0.1) is 11.3 Å². The maximum absolute atomic E-state index is 5.54. The van der Waals surface area contributed by atoms with Crippen molar-refractivity contribution >= 4 is 23.1 Å². The Morgan fingerprint density at radius 1 is 1.50 bits per heavy atom. The van der Waals surface area contributed by atoms with E-state index in [0.717, 1.165) is 4.91 Å². The molecular weight excluding hydrogens is 210 g/mol. The standard InChI is InChI=1S/C11H13NS2/c1-3-5-9(4-2)13-11-7-6-10(8-12)14-11/h3-7H,1-2,8,12H2/b9-5+. The minimum Gasteiger partial charge on any atom is -0.326 e. The quantitative estimate of drug-likeness (QED) is 0.610. The summed E-state index contributed by atoms with van der Waals surface area (Å²) in [6.07, 6.45) is 5.54. The van der Waals surface area contributed by atoms with E-state index >= 15 is 0 Å². The predicted octanol–water partition coefficient (Wildman–Crippen LogP) is 3.55. The van der Waals surface area contributed by atoms with Crippen LogP contribution in [0.4, 0.5) is 0 Å². The second-order valence-corrected chi connectivity index (χ2v) is 5.08. The van der Waals surface area contributed by atoms with Crippen LogP contribution < -0.4 is 5.73 Å². The van der Waals surface area contributed by atoms with Crippen molar-refractivity contribution in [2.45, 2.75) is 10.8 Å². The van der Waals surface area contributed by atoms with Gasteiger partial charge >= 0.3 is 0 Å². The topological polar surface area (TPSA) is 26.0 Å². The summed E-state index contributed by atoms with van der Waals surface area (Å²) < 4.78 is 1.23. The van der Waals surface area contributed by atoms with E-state index in [4.69, 9.17) is 5.73 Å². The number of allylic oxidation sites excluding steroid dienone is 3. The Balaban J connectivity index is 2.71. The first kappa shape index (κ1) is 11.3. The Hall–Kier alpha value is -0.770. The van der Waals surface area contributed by atoms with Crippen LogP contribution in [0, 0.1) is 0 Å². The zero-order valence-corrected chi connectivity index (χ0v) is 9.53. The van der Waals surface area contributed by atoms with Crippen molar-refractivity contribution in [3.63, 3.8) is 0 Å². The van der Waals surface area contributed by atoms with E-state index in [9.17, 15) is 0 Å². The first-order chi connectivity index (χ1) is 6.80. The Labute approximate surface area is 93.0 Å². The smallest absolute Gasteiger partial charge is 0.0649 e. The monoisotopic (exact) mass is 223 g/mol. The third-order valence-corrected chi connectivity index (χ3v) is 3.82. The van der Waals surface area contributed by atoms with E-state index in [2.05, 4.69) is 25.3 Å². The van der Waals surface area contributed by atoms with E-state index in [1.807, 2.05) is 12.2 Å². The van der Waals surface area contributed by atoms with E-state index in [1.54, 1.807) is 29.2 Å². The van der Waals surface area contributed by atoms with Crippen molar-refractivity contribution in [1.82, 2.24) is 0 Å². The Kier molecular flexibility index (Phi) is 4.73. The van der Waals surface area contributed by atoms with Crippen LogP contribution in [0.1, 0.15) is 4.88 Å². The molecule has 0 aromatic carbocycles.